The number of hydrogen-bond donors (Lipinski definition) is 3. The van der Waals surface area contributed by atoms with Crippen molar-refractivity contribution < 1.29 is 23.8 Å². The van der Waals surface area contributed by atoms with Gasteiger partial charge in [0.25, 0.3) is 0 Å². The van der Waals surface area contributed by atoms with Crippen LogP contribution in [0.5, 0.6) is 0 Å². The third-order valence-corrected chi connectivity index (χ3v) is 2.99. The molecule has 3 N–H and O–H groups in total. The highest BCUT2D eigenvalue weighted by atomic mass is 19.1. The molecule has 1 heterocycles. The minimum Gasteiger partial charge on any atom is -0.386 e. The van der Waals surface area contributed by atoms with Gasteiger partial charge < -0.3 is 20.5 Å². The Labute approximate surface area is 114 Å². The first-order chi connectivity index (χ1) is 9.50. The number of rotatable bonds is 3. The Morgan fingerprint density at radius 3 is 2.75 bits per heavy atom. The number of carbonyl (C=O) groups is 2. The van der Waals surface area contributed by atoms with Crippen LogP contribution in [0.1, 0.15) is 6.42 Å². The molecule has 1 fully saturated rings. The van der Waals surface area contributed by atoms with Gasteiger partial charge in [0.15, 0.2) is 0 Å². The van der Waals surface area contributed by atoms with E-state index in [1.54, 1.807) is 0 Å². The number of aliphatic hydroxyl groups is 1. The maximum atomic E-state index is 13.3. The van der Waals surface area contributed by atoms with Crippen molar-refractivity contribution in [1.29, 1.82) is 0 Å². The van der Waals surface area contributed by atoms with Gasteiger partial charge >= 0.3 is 11.8 Å². The van der Waals surface area contributed by atoms with Crippen LogP contribution in [0.4, 0.5) is 10.1 Å². The van der Waals surface area contributed by atoms with Crippen LogP contribution < -0.4 is 10.6 Å². The number of benzene rings is 1. The minimum absolute atomic E-state index is 0.0736. The summed E-state index contributed by atoms with van der Waals surface area (Å²) in [4.78, 5) is 23.1. The lowest BCUT2D eigenvalue weighted by Gasteiger charge is -2.20. The van der Waals surface area contributed by atoms with Crippen molar-refractivity contribution in [2.24, 2.45) is 0 Å². The lowest BCUT2D eigenvalue weighted by atomic mass is 10.0. The lowest BCUT2D eigenvalue weighted by Crippen LogP contribution is -2.46. The highest BCUT2D eigenvalue weighted by Crippen LogP contribution is 2.17. The molecule has 0 radical (unpaired) electrons. The fraction of sp³-hybridized carbons (Fsp3) is 0.385. The summed E-state index contributed by atoms with van der Waals surface area (Å²) in [5.74, 6) is -2.55. The van der Waals surface area contributed by atoms with Crippen LogP contribution in [-0.4, -0.2) is 42.3 Å². The number of carbonyl (C=O) groups excluding carboxylic acids is 2. The summed E-state index contributed by atoms with van der Waals surface area (Å²) in [5, 5.41) is 14.4. The molecule has 1 atom stereocenters. The molecular formula is C13H15FN2O4. The van der Waals surface area contributed by atoms with E-state index in [1.807, 2.05) is 0 Å². The Bertz CT molecular complexity index is 515. The molecule has 6 nitrogen and oxygen atoms in total. The van der Waals surface area contributed by atoms with Gasteiger partial charge in [-0.2, -0.15) is 0 Å². The molecule has 0 bridgehead atoms. The standard InChI is InChI=1S/C13H15FN2O4/c14-9-3-1-2-4-10(9)16-12(18)11(17)15-7-13(19)5-6-20-8-13/h1-4,19H,5-8H2,(H,15,17)(H,16,18)/t13-/m1/s1. The molecule has 1 saturated heterocycles. The third-order valence-electron chi connectivity index (χ3n) is 2.99. The van der Waals surface area contributed by atoms with E-state index < -0.39 is 23.2 Å². The Kier molecular flexibility index (Phi) is 4.31. The van der Waals surface area contributed by atoms with Crippen LogP contribution in [0.25, 0.3) is 0 Å². The SMILES string of the molecule is O=C(NC[C@]1(O)CCOC1)C(=O)Nc1ccccc1F. The van der Waals surface area contributed by atoms with Crippen LogP contribution in [0.15, 0.2) is 24.3 Å². The van der Waals surface area contributed by atoms with Crippen LogP contribution in [0.3, 0.4) is 0 Å². The molecule has 2 amide bonds. The topological polar surface area (TPSA) is 87.7 Å². The van der Waals surface area contributed by atoms with Gasteiger partial charge in [0, 0.05) is 19.6 Å². The second-order valence-electron chi connectivity index (χ2n) is 4.64. The van der Waals surface area contributed by atoms with Gasteiger partial charge in [-0.25, -0.2) is 4.39 Å². The van der Waals surface area contributed by atoms with Crippen molar-refractivity contribution >= 4 is 17.5 Å². The van der Waals surface area contributed by atoms with Gasteiger partial charge in [0.1, 0.15) is 11.4 Å². The third kappa shape index (κ3) is 3.52. The largest absolute Gasteiger partial charge is 0.386 e. The fourth-order valence-corrected chi connectivity index (χ4v) is 1.80. The van der Waals surface area contributed by atoms with E-state index in [9.17, 15) is 19.1 Å². The van der Waals surface area contributed by atoms with Crippen molar-refractivity contribution in [3.8, 4) is 0 Å². The second-order valence-corrected chi connectivity index (χ2v) is 4.64. The molecule has 1 aliphatic heterocycles. The monoisotopic (exact) mass is 282 g/mol. The molecular weight excluding hydrogens is 267 g/mol. The maximum absolute atomic E-state index is 13.3. The zero-order valence-corrected chi connectivity index (χ0v) is 10.7. The Morgan fingerprint density at radius 1 is 1.35 bits per heavy atom. The second kappa shape index (κ2) is 5.98. The molecule has 0 saturated carbocycles. The van der Waals surface area contributed by atoms with Crippen LogP contribution >= 0.6 is 0 Å². The highest BCUT2D eigenvalue weighted by Gasteiger charge is 2.33. The normalized spacial score (nSPS) is 21.5. The van der Waals surface area contributed by atoms with Crippen molar-refractivity contribution in [3.05, 3.63) is 30.1 Å². The molecule has 1 aromatic carbocycles. The first kappa shape index (κ1) is 14.4. The average Bonchev–Trinajstić information content (AvgIpc) is 2.86. The number of nitrogens with one attached hydrogen (secondary N) is 2. The van der Waals surface area contributed by atoms with Crippen molar-refractivity contribution in [3.63, 3.8) is 0 Å². The highest BCUT2D eigenvalue weighted by molar-refractivity contribution is 6.39. The minimum atomic E-state index is -1.14. The first-order valence-electron chi connectivity index (χ1n) is 6.14. The predicted octanol–water partition coefficient (Wildman–Crippen LogP) is 0.0318. The number of hydrogen-bond acceptors (Lipinski definition) is 4. The summed E-state index contributed by atoms with van der Waals surface area (Å²) in [6.07, 6.45) is 0.391. The van der Waals surface area contributed by atoms with E-state index in [4.69, 9.17) is 4.74 Å². The van der Waals surface area contributed by atoms with E-state index in [0.29, 0.717) is 13.0 Å². The van der Waals surface area contributed by atoms with Crippen molar-refractivity contribution in [2.45, 2.75) is 12.0 Å². The smallest absolute Gasteiger partial charge is 0.313 e. The molecule has 7 heteroatoms. The van der Waals surface area contributed by atoms with Crippen molar-refractivity contribution in [2.75, 3.05) is 25.1 Å². The quantitative estimate of drug-likeness (QED) is 0.683. The predicted molar refractivity (Wildman–Crippen MR) is 68.4 cm³/mol. The molecule has 0 unspecified atom stereocenters. The molecule has 2 rings (SSSR count). The van der Waals surface area contributed by atoms with E-state index in [1.165, 1.54) is 24.3 Å². The molecule has 108 valence electrons. The Hall–Kier alpha value is -1.99. The van der Waals surface area contributed by atoms with Gasteiger partial charge in [-0.15, -0.1) is 0 Å². The molecule has 0 spiro atoms. The first-order valence-corrected chi connectivity index (χ1v) is 6.14. The van der Waals surface area contributed by atoms with Gasteiger partial charge in [-0.3, -0.25) is 9.59 Å². The fourth-order valence-electron chi connectivity index (χ4n) is 1.80. The summed E-state index contributed by atoms with van der Waals surface area (Å²) in [5.41, 5.74) is -1.22. The van der Waals surface area contributed by atoms with E-state index in [2.05, 4.69) is 10.6 Å². The molecule has 0 aromatic heterocycles. The zero-order chi connectivity index (χ0) is 14.6. The number of amides is 2. The number of para-hydroxylation sites is 1. The molecule has 20 heavy (non-hydrogen) atoms. The van der Waals surface area contributed by atoms with Crippen molar-refractivity contribution in [1.82, 2.24) is 5.32 Å². The number of halogens is 1. The van der Waals surface area contributed by atoms with Crippen LogP contribution in [0, 0.1) is 5.82 Å². The van der Waals surface area contributed by atoms with E-state index in [0.717, 1.165) is 0 Å². The van der Waals surface area contributed by atoms with Gasteiger partial charge in [0.2, 0.25) is 0 Å². The number of ether oxygens (including phenoxy) is 1. The van der Waals surface area contributed by atoms with Gasteiger partial charge in [0.05, 0.1) is 12.3 Å². The van der Waals surface area contributed by atoms with E-state index in [-0.39, 0.29) is 18.8 Å². The van der Waals surface area contributed by atoms with Gasteiger partial charge in [-0.1, -0.05) is 12.1 Å². The number of anilines is 1. The lowest BCUT2D eigenvalue weighted by molar-refractivity contribution is -0.136. The summed E-state index contributed by atoms with van der Waals surface area (Å²) >= 11 is 0. The van der Waals surface area contributed by atoms with Crippen LogP contribution in [-0.2, 0) is 14.3 Å². The molecule has 0 aliphatic carbocycles. The van der Waals surface area contributed by atoms with Crippen LogP contribution in [0.2, 0.25) is 0 Å². The molecule has 1 aliphatic rings. The van der Waals surface area contributed by atoms with Gasteiger partial charge in [-0.05, 0) is 12.1 Å². The summed E-state index contributed by atoms with van der Waals surface area (Å²) < 4.78 is 18.3. The Balaban J connectivity index is 1.86. The summed E-state index contributed by atoms with van der Waals surface area (Å²) in [6.45, 7) is 0.437. The maximum Gasteiger partial charge on any atom is 0.313 e. The van der Waals surface area contributed by atoms with E-state index >= 15 is 0 Å². The summed E-state index contributed by atoms with van der Waals surface area (Å²) in [6, 6.07) is 5.53. The zero-order valence-electron chi connectivity index (χ0n) is 10.7. The summed E-state index contributed by atoms with van der Waals surface area (Å²) in [7, 11) is 0. The molecule has 1 aromatic rings. The average molecular weight is 282 g/mol. The Morgan fingerprint density at radius 2 is 2.10 bits per heavy atom.